The molecule has 8 heteroatoms. The molecule has 3 rings (SSSR count). The normalized spacial score (nSPS) is 10.5. The molecule has 0 aliphatic rings. The number of anilines is 1. The van der Waals surface area contributed by atoms with E-state index in [4.69, 9.17) is 26.5 Å². The van der Waals surface area contributed by atoms with Gasteiger partial charge in [-0.15, -0.1) is 0 Å². The van der Waals surface area contributed by atoms with Gasteiger partial charge in [0.1, 0.15) is 5.75 Å². The Morgan fingerprint density at radius 3 is 2.72 bits per heavy atom. The summed E-state index contributed by atoms with van der Waals surface area (Å²) in [4.78, 5) is 16.1. The first-order valence-corrected chi connectivity index (χ1v) is 7.90. The van der Waals surface area contributed by atoms with E-state index in [1.54, 1.807) is 49.4 Å². The number of benzene rings is 2. The quantitative estimate of drug-likeness (QED) is 0.544. The molecule has 128 valence electrons. The van der Waals surface area contributed by atoms with Crippen LogP contribution in [0, 0.1) is 5.41 Å². The number of rotatable bonds is 3. The largest absolute Gasteiger partial charge is 0.450 e. The number of carbonyl (C=O) groups is 1. The van der Waals surface area contributed by atoms with Crippen molar-refractivity contribution < 1.29 is 14.3 Å². The van der Waals surface area contributed by atoms with E-state index in [1.807, 2.05) is 6.07 Å². The van der Waals surface area contributed by atoms with Crippen molar-refractivity contribution in [1.29, 1.82) is 5.41 Å². The van der Waals surface area contributed by atoms with Crippen LogP contribution in [0.1, 0.15) is 6.92 Å². The van der Waals surface area contributed by atoms with Crippen molar-refractivity contribution in [3.05, 3.63) is 53.6 Å². The maximum Gasteiger partial charge on any atom is 0.413 e. The first-order chi connectivity index (χ1) is 12.1. The molecule has 0 fully saturated rings. The summed E-state index contributed by atoms with van der Waals surface area (Å²) in [6, 6.07) is 13.7. The number of carbonyl (C=O) groups excluding carboxylic acids is 1. The number of para-hydroxylation sites is 3. The van der Waals surface area contributed by atoms with Crippen LogP contribution in [0.15, 0.2) is 48.5 Å². The number of imidazole rings is 1. The Kier molecular flexibility index (Phi) is 4.85. The second-order valence-electron chi connectivity index (χ2n) is 4.94. The monoisotopic (exact) mass is 358 g/mol. The SMILES string of the molecule is CCOC(=O)Nc1nc2ccccc2n1C(=N)Oc1ccccc1Cl. The van der Waals surface area contributed by atoms with Gasteiger partial charge in [-0.2, -0.15) is 0 Å². The Balaban J connectivity index is 1.99. The van der Waals surface area contributed by atoms with E-state index in [0.29, 0.717) is 21.8 Å². The molecule has 0 unspecified atom stereocenters. The molecule has 0 atom stereocenters. The minimum Gasteiger partial charge on any atom is -0.450 e. The first-order valence-electron chi connectivity index (χ1n) is 7.52. The van der Waals surface area contributed by atoms with Crippen molar-refractivity contribution in [2.24, 2.45) is 0 Å². The first kappa shape index (κ1) is 16.8. The summed E-state index contributed by atoms with van der Waals surface area (Å²) in [7, 11) is 0. The number of ether oxygens (including phenoxy) is 2. The summed E-state index contributed by atoms with van der Waals surface area (Å²) >= 11 is 6.08. The van der Waals surface area contributed by atoms with Crippen LogP contribution < -0.4 is 10.1 Å². The molecule has 2 N–H and O–H groups in total. The molecule has 7 nitrogen and oxygen atoms in total. The predicted octanol–water partition coefficient (Wildman–Crippen LogP) is 4.12. The zero-order valence-corrected chi connectivity index (χ0v) is 14.1. The smallest absolute Gasteiger partial charge is 0.413 e. The van der Waals surface area contributed by atoms with Crippen molar-refractivity contribution in [1.82, 2.24) is 9.55 Å². The zero-order valence-electron chi connectivity index (χ0n) is 13.3. The van der Waals surface area contributed by atoms with E-state index in [9.17, 15) is 4.79 Å². The third-order valence-electron chi connectivity index (χ3n) is 3.30. The fraction of sp³-hybridized carbons (Fsp3) is 0.118. The van der Waals surface area contributed by atoms with Crippen molar-refractivity contribution in [3.63, 3.8) is 0 Å². The number of nitrogens with zero attached hydrogens (tertiary/aromatic N) is 2. The van der Waals surface area contributed by atoms with Crippen LogP contribution >= 0.6 is 11.6 Å². The molecule has 0 aliphatic carbocycles. The Morgan fingerprint density at radius 1 is 1.24 bits per heavy atom. The number of halogens is 1. The van der Waals surface area contributed by atoms with Crippen LogP contribution in [0.25, 0.3) is 11.0 Å². The third kappa shape index (κ3) is 3.56. The van der Waals surface area contributed by atoms with Gasteiger partial charge in [-0.25, -0.2) is 14.3 Å². The minimum atomic E-state index is -0.662. The second-order valence-corrected chi connectivity index (χ2v) is 5.35. The minimum absolute atomic E-state index is 0.122. The van der Waals surface area contributed by atoms with Crippen LogP contribution in [0.3, 0.4) is 0 Å². The van der Waals surface area contributed by atoms with Gasteiger partial charge in [0.25, 0.3) is 0 Å². The summed E-state index contributed by atoms with van der Waals surface area (Å²) in [6.45, 7) is 1.92. The zero-order chi connectivity index (χ0) is 17.8. The Morgan fingerprint density at radius 2 is 1.96 bits per heavy atom. The maximum absolute atomic E-state index is 11.8. The van der Waals surface area contributed by atoms with E-state index >= 15 is 0 Å². The van der Waals surface area contributed by atoms with Gasteiger partial charge in [-0.1, -0.05) is 35.9 Å². The second kappa shape index (κ2) is 7.23. The summed E-state index contributed by atoms with van der Waals surface area (Å²) in [5.74, 6) is 0.450. The lowest BCUT2D eigenvalue weighted by molar-refractivity contribution is 0.167. The molecule has 0 saturated heterocycles. The van der Waals surface area contributed by atoms with Gasteiger partial charge in [0.15, 0.2) is 0 Å². The average molecular weight is 359 g/mol. The highest BCUT2D eigenvalue weighted by atomic mass is 35.5. The van der Waals surface area contributed by atoms with E-state index < -0.39 is 6.09 Å². The van der Waals surface area contributed by atoms with Gasteiger partial charge in [-0.3, -0.25) is 10.7 Å². The highest BCUT2D eigenvalue weighted by molar-refractivity contribution is 6.32. The number of fused-ring (bicyclic) bond motifs is 1. The van der Waals surface area contributed by atoms with Crippen LogP contribution in [0.5, 0.6) is 5.75 Å². The Bertz CT molecular complexity index is 939. The van der Waals surface area contributed by atoms with Crippen molar-refractivity contribution >= 4 is 40.7 Å². The molecule has 1 amide bonds. The van der Waals surface area contributed by atoms with Crippen LogP contribution in [-0.4, -0.2) is 28.3 Å². The molecule has 0 aliphatic heterocycles. The number of amides is 1. The molecular weight excluding hydrogens is 344 g/mol. The topological polar surface area (TPSA) is 89.2 Å². The standard InChI is InChI=1S/C17H15ClN4O3/c1-2-24-17(23)21-16-20-12-8-4-5-9-13(12)22(16)15(19)25-14-10-6-3-7-11(14)18/h3-10,19H,2H2,1H3,(H,20,21,23). The van der Waals surface area contributed by atoms with E-state index in [0.717, 1.165) is 0 Å². The van der Waals surface area contributed by atoms with Gasteiger partial charge in [0.05, 0.1) is 22.7 Å². The molecule has 1 aromatic heterocycles. The van der Waals surface area contributed by atoms with Crippen molar-refractivity contribution in [3.8, 4) is 5.75 Å². The van der Waals surface area contributed by atoms with Crippen LogP contribution in [0.4, 0.5) is 10.7 Å². The average Bonchev–Trinajstić information content (AvgIpc) is 2.94. The molecular formula is C17H15ClN4O3. The molecule has 0 bridgehead atoms. The predicted molar refractivity (Wildman–Crippen MR) is 95.6 cm³/mol. The summed E-state index contributed by atoms with van der Waals surface area (Å²) < 4.78 is 11.8. The van der Waals surface area contributed by atoms with E-state index in [1.165, 1.54) is 4.57 Å². The van der Waals surface area contributed by atoms with Gasteiger partial charge >= 0.3 is 12.1 Å². The number of hydrogen-bond acceptors (Lipinski definition) is 5. The summed E-state index contributed by atoms with van der Waals surface area (Å²) in [6.07, 6.45) is -0.662. The van der Waals surface area contributed by atoms with Crippen LogP contribution in [0.2, 0.25) is 5.02 Å². The Labute approximate surface area is 148 Å². The summed E-state index contributed by atoms with van der Waals surface area (Å²) in [5, 5.41) is 11.2. The molecule has 0 radical (unpaired) electrons. The van der Waals surface area contributed by atoms with Gasteiger partial charge in [-0.05, 0) is 31.2 Å². The lowest BCUT2D eigenvalue weighted by Crippen LogP contribution is -2.23. The van der Waals surface area contributed by atoms with Crippen LogP contribution in [-0.2, 0) is 4.74 Å². The fourth-order valence-corrected chi connectivity index (χ4v) is 2.43. The number of nitrogens with one attached hydrogen (secondary N) is 2. The fourth-order valence-electron chi connectivity index (χ4n) is 2.25. The van der Waals surface area contributed by atoms with Gasteiger partial charge < -0.3 is 9.47 Å². The molecule has 1 heterocycles. The molecule has 2 aromatic carbocycles. The highest BCUT2D eigenvalue weighted by Gasteiger charge is 2.18. The molecule has 0 saturated carbocycles. The lowest BCUT2D eigenvalue weighted by Gasteiger charge is -2.12. The van der Waals surface area contributed by atoms with Gasteiger partial charge in [0.2, 0.25) is 5.95 Å². The lowest BCUT2D eigenvalue weighted by atomic mass is 10.3. The highest BCUT2D eigenvalue weighted by Crippen LogP contribution is 2.25. The van der Waals surface area contributed by atoms with E-state index in [2.05, 4.69) is 10.3 Å². The van der Waals surface area contributed by atoms with E-state index in [-0.39, 0.29) is 18.6 Å². The van der Waals surface area contributed by atoms with Gasteiger partial charge in [0, 0.05) is 0 Å². The number of hydrogen-bond donors (Lipinski definition) is 2. The summed E-state index contributed by atoms with van der Waals surface area (Å²) in [5.41, 5.74) is 1.20. The molecule has 25 heavy (non-hydrogen) atoms. The van der Waals surface area contributed by atoms with Crippen molar-refractivity contribution in [2.75, 3.05) is 11.9 Å². The Hall–Kier alpha value is -3.06. The maximum atomic E-state index is 11.8. The number of aromatic nitrogens is 2. The molecule has 3 aromatic rings. The third-order valence-corrected chi connectivity index (χ3v) is 3.61. The van der Waals surface area contributed by atoms with Crippen molar-refractivity contribution in [2.45, 2.75) is 6.92 Å². The molecule has 0 spiro atoms.